The molecule has 1 aromatic heterocycles. The molecular formula is C15H14F3N3O5S. The van der Waals surface area contributed by atoms with Gasteiger partial charge in [0.15, 0.2) is 0 Å². The third-order valence-electron chi connectivity index (χ3n) is 3.28. The monoisotopic (exact) mass is 405 g/mol. The summed E-state index contributed by atoms with van der Waals surface area (Å²) in [7, 11) is -4.16. The molecule has 0 aliphatic rings. The molecule has 1 aromatic carbocycles. The minimum Gasteiger partial charge on any atom is -0.469 e. The molecular weight excluding hydrogens is 391 g/mol. The van der Waals surface area contributed by atoms with Crippen LogP contribution in [0.3, 0.4) is 0 Å². The molecule has 27 heavy (non-hydrogen) atoms. The lowest BCUT2D eigenvalue weighted by molar-refractivity contribution is -0.123. The SMILES string of the molecule is Cc1occc1C(=O)NNS(=O)(=O)c1ccc(C(=O)NCC(F)(F)F)cc1. The molecule has 0 aliphatic heterocycles. The van der Waals surface area contributed by atoms with Crippen molar-refractivity contribution in [3.63, 3.8) is 0 Å². The summed E-state index contributed by atoms with van der Waals surface area (Å²) in [6.07, 6.45) is -3.30. The lowest BCUT2D eigenvalue weighted by Gasteiger charge is -2.10. The van der Waals surface area contributed by atoms with Gasteiger partial charge < -0.3 is 9.73 Å². The number of carbonyl (C=O) groups is 2. The molecule has 2 aromatic rings. The largest absolute Gasteiger partial charge is 0.469 e. The Labute approximate surface area is 151 Å². The van der Waals surface area contributed by atoms with Crippen LogP contribution < -0.4 is 15.6 Å². The maximum atomic E-state index is 12.1. The molecule has 2 rings (SSSR count). The fourth-order valence-electron chi connectivity index (χ4n) is 1.93. The summed E-state index contributed by atoms with van der Waals surface area (Å²) < 4.78 is 65.5. The summed E-state index contributed by atoms with van der Waals surface area (Å²) in [6.45, 7) is 0.0128. The second kappa shape index (κ2) is 7.80. The van der Waals surface area contributed by atoms with Crippen LogP contribution in [0.2, 0.25) is 0 Å². The number of hydrogen-bond acceptors (Lipinski definition) is 5. The molecule has 8 nitrogen and oxygen atoms in total. The molecule has 3 N–H and O–H groups in total. The zero-order valence-corrected chi connectivity index (χ0v) is 14.6. The van der Waals surface area contributed by atoms with E-state index in [1.54, 1.807) is 5.32 Å². The zero-order valence-electron chi connectivity index (χ0n) is 13.8. The number of furan rings is 1. The van der Waals surface area contributed by atoms with Crippen molar-refractivity contribution in [3.05, 3.63) is 53.5 Å². The van der Waals surface area contributed by atoms with Crippen molar-refractivity contribution in [1.82, 2.24) is 15.6 Å². The summed E-state index contributed by atoms with van der Waals surface area (Å²) in [4.78, 5) is 25.0. The first kappa shape index (κ1) is 20.5. The Bertz CT molecular complexity index is 936. The standard InChI is InChI=1S/C15H14F3N3O5S/c1-9-12(6-7-26-9)14(23)20-21-27(24,25)11-4-2-10(3-5-11)13(22)19-8-15(16,17)18/h2-7,21H,8H2,1H3,(H,19,22)(H,20,23). The molecule has 0 aliphatic carbocycles. The number of carbonyl (C=O) groups excluding carboxylic acids is 2. The zero-order chi connectivity index (χ0) is 20.2. The number of benzene rings is 1. The predicted octanol–water partition coefficient (Wildman–Crippen LogP) is 1.50. The summed E-state index contributed by atoms with van der Waals surface area (Å²) in [5.41, 5.74) is 1.98. The van der Waals surface area contributed by atoms with Crippen LogP contribution in [0.4, 0.5) is 13.2 Å². The smallest absolute Gasteiger partial charge is 0.405 e. The highest BCUT2D eigenvalue weighted by Crippen LogP contribution is 2.14. The van der Waals surface area contributed by atoms with E-state index < -0.39 is 34.6 Å². The van der Waals surface area contributed by atoms with Gasteiger partial charge in [0.1, 0.15) is 12.3 Å². The van der Waals surface area contributed by atoms with Crippen molar-refractivity contribution < 1.29 is 35.6 Å². The first-order valence-corrected chi connectivity index (χ1v) is 8.79. The summed E-state index contributed by atoms with van der Waals surface area (Å²) >= 11 is 0. The second-order valence-corrected chi connectivity index (χ2v) is 6.95. The van der Waals surface area contributed by atoms with Gasteiger partial charge in [-0.3, -0.25) is 15.0 Å². The van der Waals surface area contributed by atoms with Gasteiger partial charge >= 0.3 is 6.18 Å². The number of nitrogens with one attached hydrogen (secondary N) is 3. The minimum absolute atomic E-state index is 0.134. The number of aryl methyl sites for hydroxylation is 1. The Morgan fingerprint density at radius 1 is 1.07 bits per heavy atom. The third kappa shape index (κ3) is 5.56. The topological polar surface area (TPSA) is 118 Å². The van der Waals surface area contributed by atoms with Gasteiger partial charge in [-0.05, 0) is 37.3 Å². The first-order chi connectivity index (χ1) is 12.5. The fraction of sp³-hybridized carbons (Fsp3) is 0.200. The molecule has 0 atom stereocenters. The van der Waals surface area contributed by atoms with Crippen molar-refractivity contribution in [1.29, 1.82) is 0 Å². The van der Waals surface area contributed by atoms with Crippen LogP contribution in [0.25, 0.3) is 0 Å². The van der Waals surface area contributed by atoms with Crippen LogP contribution in [-0.4, -0.2) is 33.0 Å². The second-order valence-electron chi connectivity index (χ2n) is 5.27. The van der Waals surface area contributed by atoms with E-state index in [4.69, 9.17) is 4.42 Å². The van der Waals surface area contributed by atoms with E-state index in [-0.39, 0.29) is 16.0 Å². The first-order valence-electron chi connectivity index (χ1n) is 7.31. The van der Waals surface area contributed by atoms with Gasteiger partial charge in [-0.15, -0.1) is 4.83 Å². The van der Waals surface area contributed by atoms with Crippen molar-refractivity contribution in [2.45, 2.75) is 18.0 Å². The number of hydrazine groups is 1. The Kier molecular flexibility index (Phi) is 5.91. The summed E-state index contributed by atoms with van der Waals surface area (Å²) in [6, 6.07) is 5.47. The molecule has 0 spiro atoms. The van der Waals surface area contributed by atoms with E-state index in [0.29, 0.717) is 5.76 Å². The van der Waals surface area contributed by atoms with Crippen molar-refractivity contribution in [2.24, 2.45) is 0 Å². The van der Waals surface area contributed by atoms with E-state index in [0.717, 1.165) is 24.3 Å². The maximum absolute atomic E-state index is 12.1. The van der Waals surface area contributed by atoms with Gasteiger partial charge in [0.05, 0.1) is 16.7 Å². The molecule has 0 radical (unpaired) electrons. The Morgan fingerprint density at radius 3 is 2.22 bits per heavy atom. The normalized spacial score (nSPS) is 11.9. The number of rotatable bonds is 6. The number of halogens is 3. The highest BCUT2D eigenvalue weighted by molar-refractivity contribution is 7.89. The van der Waals surface area contributed by atoms with E-state index in [1.165, 1.54) is 19.3 Å². The number of alkyl halides is 3. The molecule has 0 saturated heterocycles. The average molecular weight is 405 g/mol. The van der Waals surface area contributed by atoms with Crippen LogP contribution >= 0.6 is 0 Å². The molecule has 0 bridgehead atoms. The van der Waals surface area contributed by atoms with Crippen LogP contribution in [-0.2, 0) is 10.0 Å². The Morgan fingerprint density at radius 2 is 1.70 bits per heavy atom. The fourth-order valence-corrected chi connectivity index (χ4v) is 2.77. The maximum Gasteiger partial charge on any atom is 0.405 e. The minimum atomic E-state index is -4.56. The van der Waals surface area contributed by atoms with Gasteiger partial charge in [0.2, 0.25) is 0 Å². The van der Waals surface area contributed by atoms with Crippen molar-refractivity contribution in [3.8, 4) is 0 Å². The molecule has 0 saturated carbocycles. The lowest BCUT2D eigenvalue weighted by Crippen LogP contribution is -2.41. The molecule has 0 unspecified atom stereocenters. The third-order valence-corrected chi connectivity index (χ3v) is 4.54. The van der Waals surface area contributed by atoms with E-state index in [2.05, 4.69) is 0 Å². The molecule has 0 fully saturated rings. The Balaban J connectivity index is 2.01. The van der Waals surface area contributed by atoms with Crippen molar-refractivity contribution in [2.75, 3.05) is 6.54 Å². The molecule has 2 amide bonds. The van der Waals surface area contributed by atoms with Crippen molar-refractivity contribution >= 4 is 21.8 Å². The molecule has 1 heterocycles. The highest BCUT2D eigenvalue weighted by atomic mass is 32.2. The van der Waals surface area contributed by atoms with Crippen LogP contribution in [0.15, 0.2) is 45.9 Å². The highest BCUT2D eigenvalue weighted by Gasteiger charge is 2.28. The van der Waals surface area contributed by atoms with Gasteiger partial charge in [-0.25, -0.2) is 8.42 Å². The van der Waals surface area contributed by atoms with Gasteiger partial charge in [0, 0.05) is 5.56 Å². The van der Waals surface area contributed by atoms with E-state index in [9.17, 15) is 31.2 Å². The number of amides is 2. The summed E-state index contributed by atoms with van der Waals surface area (Å²) in [5, 5.41) is 1.66. The number of hydrogen-bond donors (Lipinski definition) is 3. The van der Waals surface area contributed by atoms with Gasteiger partial charge in [-0.2, -0.15) is 13.2 Å². The van der Waals surface area contributed by atoms with Gasteiger partial charge in [-0.1, -0.05) is 0 Å². The number of sulfonamides is 1. The summed E-state index contributed by atoms with van der Waals surface area (Å²) in [5.74, 6) is -1.46. The van der Waals surface area contributed by atoms with Gasteiger partial charge in [0.25, 0.3) is 21.8 Å². The molecule has 12 heteroatoms. The van der Waals surface area contributed by atoms with E-state index >= 15 is 0 Å². The quantitative estimate of drug-likeness (QED) is 0.630. The van der Waals surface area contributed by atoms with E-state index in [1.807, 2.05) is 10.3 Å². The predicted molar refractivity (Wildman–Crippen MR) is 86.1 cm³/mol. The molecule has 146 valence electrons. The lowest BCUT2D eigenvalue weighted by atomic mass is 10.2. The van der Waals surface area contributed by atoms with Crippen LogP contribution in [0.5, 0.6) is 0 Å². The van der Waals surface area contributed by atoms with Crippen LogP contribution in [0.1, 0.15) is 26.5 Å². The Hall–Kier alpha value is -2.86. The van der Waals surface area contributed by atoms with Crippen LogP contribution in [0, 0.1) is 6.92 Å². The average Bonchev–Trinajstić information content (AvgIpc) is 3.03.